The number of nitriles is 1. The molecular weight excluding hydrogens is 298 g/mol. The minimum atomic E-state index is -0.236. The van der Waals surface area contributed by atoms with E-state index in [9.17, 15) is 4.79 Å². The molecule has 0 saturated heterocycles. The smallest absolute Gasteiger partial charge is 0.243 e. The fourth-order valence-electron chi connectivity index (χ4n) is 2.01. The lowest BCUT2D eigenvalue weighted by atomic mass is 10.1. The van der Waals surface area contributed by atoms with Gasteiger partial charge in [0.2, 0.25) is 5.91 Å². The first-order valence-corrected chi connectivity index (χ1v) is 7.18. The standard InChI is InChI=1S/C17H16ClN3O/c1-11-3-4-12(2)15(7-11)20-10-17(22)21-16-8-14(18)6-5-13(16)9-19/h3-8,20H,10H2,1-2H3,(H,21,22). The molecule has 112 valence electrons. The molecule has 22 heavy (non-hydrogen) atoms. The Bertz CT molecular complexity index is 750. The van der Waals surface area contributed by atoms with Crippen molar-refractivity contribution in [2.45, 2.75) is 13.8 Å². The summed E-state index contributed by atoms with van der Waals surface area (Å²) in [5.41, 5.74) is 3.91. The summed E-state index contributed by atoms with van der Waals surface area (Å²) in [5, 5.41) is 15.3. The van der Waals surface area contributed by atoms with Crippen molar-refractivity contribution in [1.82, 2.24) is 0 Å². The lowest BCUT2D eigenvalue weighted by molar-refractivity contribution is -0.114. The zero-order chi connectivity index (χ0) is 16.1. The molecule has 0 spiro atoms. The highest BCUT2D eigenvalue weighted by atomic mass is 35.5. The van der Waals surface area contributed by atoms with Crippen molar-refractivity contribution >= 4 is 28.9 Å². The van der Waals surface area contributed by atoms with Crippen LogP contribution >= 0.6 is 11.6 Å². The second kappa shape index (κ2) is 6.97. The topological polar surface area (TPSA) is 64.9 Å². The Kier molecular flexibility index (Phi) is 5.03. The second-order valence-electron chi connectivity index (χ2n) is 5.02. The molecule has 0 atom stereocenters. The molecule has 2 aromatic rings. The summed E-state index contributed by atoms with van der Waals surface area (Å²) in [5.74, 6) is -0.236. The quantitative estimate of drug-likeness (QED) is 0.900. The lowest BCUT2D eigenvalue weighted by Gasteiger charge is -2.11. The Morgan fingerprint density at radius 1 is 1.18 bits per heavy atom. The second-order valence-corrected chi connectivity index (χ2v) is 5.46. The molecule has 1 amide bonds. The maximum Gasteiger partial charge on any atom is 0.243 e. The van der Waals surface area contributed by atoms with Crippen molar-refractivity contribution < 1.29 is 4.79 Å². The monoisotopic (exact) mass is 313 g/mol. The molecule has 0 aliphatic carbocycles. The molecule has 0 radical (unpaired) electrons. The van der Waals surface area contributed by atoms with E-state index < -0.39 is 0 Å². The average molecular weight is 314 g/mol. The van der Waals surface area contributed by atoms with Gasteiger partial charge in [-0.05, 0) is 49.2 Å². The normalized spacial score (nSPS) is 9.91. The van der Waals surface area contributed by atoms with Gasteiger partial charge in [0.15, 0.2) is 0 Å². The molecule has 0 bridgehead atoms. The summed E-state index contributed by atoms with van der Waals surface area (Å²) < 4.78 is 0. The molecule has 0 saturated carbocycles. The van der Waals surface area contributed by atoms with Gasteiger partial charge >= 0.3 is 0 Å². The third-order valence-electron chi connectivity index (χ3n) is 3.21. The van der Waals surface area contributed by atoms with E-state index in [0.717, 1.165) is 16.8 Å². The molecule has 5 heteroatoms. The maximum absolute atomic E-state index is 12.0. The van der Waals surface area contributed by atoms with Crippen molar-refractivity contribution in [3.63, 3.8) is 0 Å². The summed E-state index contributed by atoms with van der Waals surface area (Å²) in [6.45, 7) is 4.09. The van der Waals surface area contributed by atoms with Gasteiger partial charge in [0, 0.05) is 10.7 Å². The number of nitrogens with zero attached hydrogens (tertiary/aromatic N) is 1. The Morgan fingerprint density at radius 3 is 2.68 bits per heavy atom. The fraction of sp³-hybridized carbons (Fsp3) is 0.176. The highest BCUT2D eigenvalue weighted by Gasteiger charge is 2.08. The first-order valence-electron chi connectivity index (χ1n) is 6.80. The van der Waals surface area contributed by atoms with E-state index in [1.807, 2.05) is 38.1 Å². The van der Waals surface area contributed by atoms with Gasteiger partial charge in [0.05, 0.1) is 17.8 Å². The molecule has 2 rings (SSSR count). The highest BCUT2D eigenvalue weighted by molar-refractivity contribution is 6.31. The molecule has 0 fully saturated rings. The van der Waals surface area contributed by atoms with Crippen LogP contribution in [0.3, 0.4) is 0 Å². The fourth-order valence-corrected chi connectivity index (χ4v) is 2.19. The minimum absolute atomic E-state index is 0.113. The van der Waals surface area contributed by atoms with Crippen LogP contribution < -0.4 is 10.6 Å². The summed E-state index contributed by atoms with van der Waals surface area (Å²) in [6.07, 6.45) is 0. The highest BCUT2D eigenvalue weighted by Crippen LogP contribution is 2.20. The predicted octanol–water partition coefficient (Wildman–Crippen LogP) is 3.88. The number of benzene rings is 2. The molecule has 0 unspecified atom stereocenters. The minimum Gasteiger partial charge on any atom is -0.376 e. The van der Waals surface area contributed by atoms with E-state index >= 15 is 0 Å². The third kappa shape index (κ3) is 4.00. The van der Waals surface area contributed by atoms with E-state index in [1.54, 1.807) is 18.2 Å². The SMILES string of the molecule is Cc1ccc(C)c(NCC(=O)Nc2cc(Cl)ccc2C#N)c1. The Labute approximate surface area is 134 Å². The number of nitrogens with one attached hydrogen (secondary N) is 2. The maximum atomic E-state index is 12.0. The van der Waals surface area contributed by atoms with Crippen molar-refractivity contribution in [1.29, 1.82) is 5.26 Å². The van der Waals surface area contributed by atoms with Crippen LogP contribution in [0, 0.1) is 25.2 Å². The van der Waals surface area contributed by atoms with Crippen molar-refractivity contribution in [3.05, 3.63) is 58.1 Å². The number of carbonyl (C=O) groups is 1. The van der Waals surface area contributed by atoms with Gasteiger partial charge in [-0.15, -0.1) is 0 Å². The molecule has 0 aliphatic heterocycles. The van der Waals surface area contributed by atoms with Gasteiger partial charge < -0.3 is 10.6 Å². The van der Waals surface area contributed by atoms with Crippen LogP contribution in [-0.2, 0) is 4.79 Å². The van der Waals surface area contributed by atoms with E-state index in [4.69, 9.17) is 16.9 Å². The molecule has 4 nitrogen and oxygen atoms in total. The molecule has 0 heterocycles. The van der Waals surface area contributed by atoms with Crippen LogP contribution in [0.2, 0.25) is 5.02 Å². The summed E-state index contributed by atoms with van der Waals surface area (Å²) in [7, 11) is 0. The molecule has 0 aliphatic rings. The van der Waals surface area contributed by atoms with E-state index in [-0.39, 0.29) is 12.5 Å². The van der Waals surface area contributed by atoms with Crippen LogP contribution in [0.4, 0.5) is 11.4 Å². The van der Waals surface area contributed by atoms with E-state index in [2.05, 4.69) is 10.6 Å². The Hall–Kier alpha value is -2.51. The Morgan fingerprint density at radius 2 is 1.95 bits per heavy atom. The number of halogens is 1. The molecule has 2 N–H and O–H groups in total. The van der Waals surface area contributed by atoms with E-state index in [1.165, 1.54) is 0 Å². The molecule has 0 aromatic heterocycles. The number of hydrogen-bond acceptors (Lipinski definition) is 3. The van der Waals surface area contributed by atoms with Gasteiger partial charge in [0.25, 0.3) is 0 Å². The third-order valence-corrected chi connectivity index (χ3v) is 3.44. The van der Waals surface area contributed by atoms with Gasteiger partial charge in [0.1, 0.15) is 6.07 Å². The number of hydrogen-bond donors (Lipinski definition) is 2. The summed E-state index contributed by atoms with van der Waals surface area (Å²) >= 11 is 5.89. The van der Waals surface area contributed by atoms with Crippen LogP contribution in [0.15, 0.2) is 36.4 Å². The largest absolute Gasteiger partial charge is 0.376 e. The van der Waals surface area contributed by atoms with Crippen molar-refractivity contribution in [2.75, 3.05) is 17.2 Å². The van der Waals surface area contributed by atoms with E-state index in [0.29, 0.717) is 16.3 Å². The van der Waals surface area contributed by atoms with Gasteiger partial charge in [-0.25, -0.2) is 0 Å². The molecule has 2 aromatic carbocycles. The number of rotatable bonds is 4. The zero-order valence-corrected chi connectivity index (χ0v) is 13.2. The van der Waals surface area contributed by atoms with Crippen LogP contribution in [-0.4, -0.2) is 12.5 Å². The molecular formula is C17H16ClN3O. The number of carbonyl (C=O) groups excluding carboxylic acids is 1. The summed E-state index contributed by atoms with van der Waals surface area (Å²) in [6, 6.07) is 12.8. The van der Waals surface area contributed by atoms with Crippen LogP contribution in [0.5, 0.6) is 0 Å². The number of aryl methyl sites for hydroxylation is 2. The number of amides is 1. The lowest BCUT2D eigenvalue weighted by Crippen LogP contribution is -2.22. The van der Waals surface area contributed by atoms with Gasteiger partial charge in [-0.2, -0.15) is 5.26 Å². The number of anilines is 2. The van der Waals surface area contributed by atoms with Gasteiger partial charge in [-0.3, -0.25) is 4.79 Å². The van der Waals surface area contributed by atoms with Crippen LogP contribution in [0.1, 0.15) is 16.7 Å². The summed E-state index contributed by atoms with van der Waals surface area (Å²) in [4.78, 5) is 12.0. The Balaban J connectivity index is 2.03. The zero-order valence-electron chi connectivity index (χ0n) is 12.4. The van der Waals surface area contributed by atoms with Gasteiger partial charge in [-0.1, -0.05) is 23.7 Å². The van der Waals surface area contributed by atoms with Crippen molar-refractivity contribution in [3.8, 4) is 6.07 Å². The first kappa shape index (κ1) is 15.9. The average Bonchev–Trinajstić information content (AvgIpc) is 2.48. The van der Waals surface area contributed by atoms with Crippen LogP contribution in [0.25, 0.3) is 0 Å². The van der Waals surface area contributed by atoms with Crippen molar-refractivity contribution in [2.24, 2.45) is 0 Å². The first-order chi connectivity index (χ1) is 10.5. The predicted molar refractivity (Wildman–Crippen MR) is 89.2 cm³/mol.